The van der Waals surface area contributed by atoms with Gasteiger partial charge in [0.25, 0.3) is 0 Å². The van der Waals surface area contributed by atoms with Gasteiger partial charge in [0.15, 0.2) is 5.16 Å². The van der Waals surface area contributed by atoms with Crippen molar-refractivity contribution in [1.82, 2.24) is 9.55 Å². The maximum absolute atomic E-state index is 4.80. The SMILES string of the molecule is Cc1cccc(CSc2nc3ccccc3n2C(C)C)c1. The van der Waals surface area contributed by atoms with E-state index in [2.05, 4.69) is 73.9 Å². The smallest absolute Gasteiger partial charge is 0.169 e. The van der Waals surface area contributed by atoms with Gasteiger partial charge in [0, 0.05) is 11.8 Å². The Balaban J connectivity index is 1.91. The molecule has 3 rings (SSSR count). The number of benzene rings is 2. The summed E-state index contributed by atoms with van der Waals surface area (Å²) in [4.78, 5) is 4.80. The maximum Gasteiger partial charge on any atom is 0.169 e. The summed E-state index contributed by atoms with van der Waals surface area (Å²) >= 11 is 1.81. The molecule has 1 aromatic heterocycles. The summed E-state index contributed by atoms with van der Waals surface area (Å²) in [6.07, 6.45) is 0. The van der Waals surface area contributed by atoms with Gasteiger partial charge in [-0.25, -0.2) is 4.98 Å². The van der Waals surface area contributed by atoms with Crippen LogP contribution in [0.2, 0.25) is 0 Å². The fourth-order valence-electron chi connectivity index (χ4n) is 2.57. The van der Waals surface area contributed by atoms with Crippen molar-refractivity contribution in [2.24, 2.45) is 0 Å². The summed E-state index contributed by atoms with van der Waals surface area (Å²) < 4.78 is 2.33. The molecule has 0 bridgehead atoms. The van der Waals surface area contributed by atoms with Crippen LogP contribution in [-0.4, -0.2) is 9.55 Å². The number of nitrogens with zero attached hydrogens (tertiary/aromatic N) is 2. The minimum atomic E-state index is 0.414. The number of thioether (sulfide) groups is 1. The normalized spacial score (nSPS) is 11.4. The first-order valence-electron chi connectivity index (χ1n) is 7.30. The van der Waals surface area contributed by atoms with E-state index in [1.807, 2.05) is 11.8 Å². The molecule has 0 spiro atoms. The molecule has 0 fully saturated rings. The highest BCUT2D eigenvalue weighted by molar-refractivity contribution is 7.98. The molecule has 0 saturated carbocycles. The van der Waals surface area contributed by atoms with Crippen LogP contribution >= 0.6 is 11.8 Å². The van der Waals surface area contributed by atoms with Gasteiger partial charge < -0.3 is 4.57 Å². The summed E-state index contributed by atoms with van der Waals surface area (Å²) in [5.41, 5.74) is 4.96. The van der Waals surface area contributed by atoms with Crippen LogP contribution < -0.4 is 0 Å². The number of aryl methyl sites for hydroxylation is 1. The molecule has 0 N–H and O–H groups in total. The minimum Gasteiger partial charge on any atom is -0.316 e. The lowest BCUT2D eigenvalue weighted by Crippen LogP contribution is -2.02. The summed E-state index contributed by atoms with van der Waals surface area (Å²) in [6, 6.07) is 17.5. The quantitative estimate of drug-likeness (QED) is 0.614. The lowest BCUT2D eigenvalue weighted by molar-refractivity contribution is 0.566. The second-order valence-electron chi connectivity index (χ2n) is 5.62. The summed E-state index contributed by atoms with van der Waals surface area (Å²) in [6.45, 7) is 6.56. The van der Waals surface area contributed by atoms with Crippen LogP contribution in [0.1, 0.15) is 31.0 Å². The highest BCUT2D eigenvalue weighted by Crippen LogP contribution is 2.29. The van der Waals surface area contributed by atoms with Crippen LogP contribution in [0, 0.1) is 6.92 Å². The summed E-state index contributed by atoms with van der Waals surface area (Å²) in [5, 5.41) is 1.10. The Morgan fingerprint density at radius 3 is 2.67 bits per heavy atom. The molecular formula is C18H20N2S. The second kappa shape index (κ2) is 5.94. The molecule has 0 atom stereocenters. The monoisotopic (exact) mass is 296 g/mol. The van der Waals surface area contributed by atoms with Crippen LogP contribution in [0.3, 0.4) is 0 Å². The van der Waals surface area contributed by atoms with Gasteiger partial charge in [-0.15, -0.1) is 0 Å². The average Bonchev–Trinajstić information content (AvgIpc) is 2.83. The Morgan fingerprint density at radius 1 is 1.10 bits per heavy atom. The van der Waals surface area contributed by atoms with Crippen LogP contribution in [0.5, 0.6) is 0 Å². The van der Waals surface area contributed by atoms with Crippen molar-refractivity contribution >= 4 is 22.8 Å². The highest BCUT2D eigenvalue weighted by atomic mass is 32.2. The Bertz CT molecular complexity index is 759. The van der Waals surface area contributed by atoms with Crippen molar-refractivity contribution in [1.29, 1.82) is 0 Å². The Hall–Kier alpha value is -1.74. The van der Waals surface area contributed by atoms with E-state index in [-0.39, 0.29) is 0 Å². The number of fused-ring (bicyclic) bond motifs is 1. The van der Waals surface area contributed by atoms with Gasteiger partial charge in [-0.05, 0) is 38.5 Å². The minimum absolute atomic E-state index is 0.414. The summed E-state index contributed by atoms with van der Waals surface area (Å²) in [5.74, 6) is 0.956. The van der Waals surface area contributed by atoms with Crippen LogP contribution in [0.15, 0.2) is 53.7 Å². The molecule has 108 valence electrons. The molecule has 2 nitrogen and oxygen atoms in total. The molecule has 21 heavy (non-hydrogen) atoms. The molecule has 3 aromatic rings. The van der Waals surface area contributed by atoms with E-state index < -0.39 is 0 Å². The molecular weight excluding hydrogens is 276 g/mol. The molecule has 0 aliphatic heterocycles. The van der Waals surface area contributed by atoms with Crippen molar-refractivity contribution in [3.05, 3.63) is 59.7 Å². The topological polar surface area (TPSA) is 17.8 Å². The van der Waals surface area contributed by atoms with E-state index in [9.17, 15) is 0 Å². The molecule has 0 amide bonds. The van der Waals surface area contributed by atoms with Gasteiger partial charge >= 0.3 is 0 Å². The van der Waals surface area contributed by atoms with Crippen molar-refractivity contribution in [2.45, 2.75) is 37.7 Å². The maximum atomic E-state index is 4.80. The highest BCUT2D eigenvalue weighted by Gasteiger charge is 2.13. The number of hydrogen-bond acceptors (Lipinski definition) is 2. The predicted molar refractivity (Wildman–Crippen MR) is 90.9 cm³/mol. The average molecular weight is 296 g/mol. The predicted octanol–water partition coefficient (Wildman–Crippen LogP) is 5.22. The largest absolute Gasteiger partial charge is 0.316 e. The van der Waals surface area contributed by atoms with E-state index >= 15 is 0 Å². The first kappa shape index (κ1) is 14.2. The number of imidazole rings is 1. The zero-order chi connectivity index (χ0) is 14.8. The van der Waals surface area contributed by atoms with E-state index in [0.29, 0.717) is 6.04 Å². The molecule has 3 heteroatoms. The van der Waals surface area contributed by atoms with Crippen LogP contribution in [0.4, 0.5) is 0 Å². The molecule has 0 unspecified atom stereocenters. The Kier molecular flexibility index (Phi) is 4.02. The van der Waals surface area contributed by atoms with Crippen molar-refractivity contribution < 1.29 is 0 Å². The molecule has 0 saturated heterocycles. The fraction of sp³-hybridized carbons (Fsp3) is 0.278. The van der Waals surface area contributed by atoms with E-state index in [1.165, 1.54) is 16.6 Å². The van der Waals surface area contributed by atoms with Crippen molar-refractivity contribution in [3.63, 3.8) is 0 Å². The molecule has 0 radical (unpaired) electrons. The van der Waals surface area contributed by atoms with Crippen molar-refractivity contribution in [2.75, 3.05) is 0 Å². The van der Waals surface area contributed by atoms with E-state index in [0.717, 1.165) is 16.4 Å². The molecule has 1 heterocycles. The molecule has 0 aliphatic rings. The van der Waals surface area contributed by atoms with Gasteiger partial charge in [-0.3, -0.25) is 0 Å². The first-order valence-corrected chi connectivity index (χ1v) is 8.29. The standard InChI is InChI=1S/C18H20N2S/c1-13(2)20-17-10-5-4-9-16(17)19-18(20)21-12-15-8-6-7-14(3)11-15/h4-11,13H,12H2,1-3H3. The van der Waals surface area contributed by atoms with Crippen LogP contribution in [0.25, 0.3) is 11.0 Å². The lowest BCUT2D eigenvalue weighted by atomic mass is 10.2. The Labute approximate surface area is 130 Å². The third-order valence-corrected chi connectivity index (χ3v) is 4.55. The first-order chi connectivity index (χ1) is 10.1. The molecule has 2 aromatic carbocycles. The lowest BCUT2D eigenvalue weighted by Gasteiger charge is -2.12. The van der Waals surface area contributed by atoms with E-state index in [4.69, 9.17) is 4.98 Å². The van der Waals surface area contributed by atoms with Gasteiger partial charge in [0.05, 0.1) is 11.0 Å². The van der Waals surface area contributed by atoms with Gasteiger partial charge in [-0.1, -0.05) is 53.7 Å². The second-order valence-corrected chi connectivity index (χ2v) is 6.57. The van der Waals surface area contributed by atoms with Gasteiger partial charge in [0.2, 0.25) is 0 Å². The molecule has 0 aliphatic carbocycles. The Morgan fingerprint density at radius 2 is 1.90 bits per heavy atom. The fourth-order valence-corrected chi connectivity index (χ4v) is 3.66. The van der Waals surface area contributed by atoms with Gasteiger partial charge in [0.1, 0.15) is 0 Å². The number of rotatable bonds is 4. The van der Waals surface area contributed by atoms with E-state index in [1.54, 1.807) is 0 Å². The third kappa shape index (κ3) is 2.98. The zero-order valence-corrected chi connectivity index (χ0v) is 13.5. The number of para-hydroxylation sites is 2. The number of aromatic nitrogens is 2. The summed E-state index contributed by atoms with van der Waals surface area (Å²) in [7, 11) is 0. The van der Waals surface area contributed by atoms with Gasteiger partial charge in [-0.2, -0.15) is 0 Å². The zero-order valence-electron chi connectivity index (χ0n) is 12.7. The third-order valence-electron chi connectivity index (χ3n) is 3.53. The van der Waals surface area contributed by atoms with Crippen LogP contribution in [-0.2, 0) is 5.75 Å². The van der Waals surface area contributed by atoms with Crippen molar-refractivity contribution in [3.8, 4) is 0 Å². The number of hydrogen-bond donors (Lipinski definition) is 0.